The molecular weight excluding hydrogens is 341 g/mol. The van der Waals surface area contributed by atoms with E-state index in [4.69, 9.17) is 0 Å². The number of carbonyl (C=O) groups excluding carboxylic acids is 1. The van der Waals surface area contributed by atoms with Gasteiger partial charge in [0.15, 0.2) is 0 Å². The van der Waals surface area contributed by atoms with E-state index in [1.54, 1.807) is 6.07 Å². The van der Waals surface area contributed by atoms with Gasteiger partial charge >= 0.3 is 0 Å². The van der Waals surface area contributed by atoms with E-state index in [0.29, 0.717) is 31.3 Å². The van der Waals surface area contributed by atoms with Crippen LogP contribution in [-0.4, -0.2) is 26.6 Å². The lowest BCUT2D eigenvalue weighted by molar-refractivity contribution is -0.132. The Kier molecular flexibility index (Phi) is 5.98. The molecule has 0 aliphatic heterocycles. The summed E-state index contributed by atoms with van der Waals surface area (Å²) in [5.41, 5.74) is 4.22. The summed E-state index contributed by atoms with van der Waals surface area (Å²) in [6.45, 7) is 9.86. The van der Waals surface area contributed by atoms with Crippen LogP contribution in [0.15, 0.2) is 24.3 Å². The summed E-state index contributed by atoms with van der Waals surface area (Å²) in [5.74, 6) is 0.436. The van der Waals surface area contributed by atoms with Gasteiger partial charge < -0.3 is 4.90 Å². The zero-order valence-electron chi connectivity index (χ0n) is 16.8. The fourth-order valence-corrected chi connectivity index (χ4v) is 3.63. The van der Waals surface area contributed by atoms with Gasteiger partial charge in [-0.15, -0.1) is 0 Å². The molecule has 1 aromatic heterocycles. The van der Waals surface area contributed by atoms with Gasteiger partial charge in [0.05, 0.1) is 5.69 Å². The van der Waals surface area contributed by atoms with Crippen molar-refractivity contribution >= 4 is 5.91 Å². The van der Waals surface area contributed by atoms with Crippen LogP contribution in [0.1, 0.15) is 55.6 Å². The Morgan fingerprint density at radius 3 is 2.70 bits per heavy atom. The number of halogens is 1. The molecule has 27 heavy (non-hydrogen) atoms. The van der Waals surface area contributed by atoms with E-state index in [1.165, 1.54) is 17.7 Å². The Bertz CT molecular complexity index is 808. The fraction of sp³-hybridized carbons (Fsp3) is 0.545. The van der Waals surface area contributed by atoms with Crippen LogP contribution in [0.3, 0.4) is 0 Å². The summed E-state index contributed by atoms with van der Waals surface area (Å²) in [6, 6.07) is 6.86. The molecule has 1 aliphatic carbocycles. The van der Waals surface area contributed by atoms with E-state index < -0.39 is 0 Å². The second-order valence-electron chi connectivity index (χ2n) is 8.11. The third kappa shape index (κ3) is 4.96. The van der Waals surface area contributed by atoms with Crippen molar-refractivity contribution in [1.82, 2.24) is 14.7 Å². The number of hydrogen-bond donors (Lipinski definition) is 0. The molecule has 0 saturated heterocycles. The van der Waals surface area contributed by atoms with Crippen LogP contribution in [0.2, 0.25) is 0 Å². The molecule has 1 fully saturated rings. The number of carbonyl (C=O) groups is 1. The molecule has 1 heterocycles. The van der Waals surface area contributed by atoms with Crippen molar-refractivity contribution in [2.24, 2.45) is 5.92 Å². The maximum atomic E-state index is 13.5. The maximum absolute atomic E-state index is 13.5. The van der Waals surface area contributed by atoms with Crippen molar-refractivity contribution < 1.29 is 9.18 Å². The fourth-order valence-electron chi connectivity index (χ4n) is 3.63. The summed E-state index contributed by atoms with van der Waals surface area (Å²) >= 11 is 0. The first-order chi connectivity index (χ1) is 12.8. The SMILES string of the molecule is Cc1nn(CC(C)C)c(C)c1CCC(=O)N(Cc1cccc(F)c1)C1CC1. The van der Waals surface area contributed by atoms with Gasteiger partial charge in [-0.1, -0.05) is 26.0 Å². The molecule has 146 valence electrons. The van der Waals surface area contributed by atoms with Gasteiger partial charge in [-0.05, 0) is 62.3 Å². The minimum atomic E-state index is -0.250. The normalized spacial score (nSPS) is 14.0. The lowest BCUT2D eigenvalue weighted by Crippen LogP contribution is -2.32. The molecule has 0 atom stereocenters. The third-order valence-corrected chi connectivity index (χ3v) is 5.21. The Hall–Kier alpha value is -2.17. The summed E-state index contributed by atoms with van der Waals surface area (Å²) in [4.78, 5) is 14.8. The second-order valence-corrected chi connectivity index (χ2v) is 8.11. The van der Waals surface area contributed by atoms with E-state index in [9.17, 15) is 9.18 Å². The standard InChI is InChI=1S/C22H30FN3O/c1-15(2)13-26-17(4)21(16(3)24-26)10-11-22(27)25(20-8-9-20)14-18-6-5-7-19(23)12-18/h5-7,12,15,20H,8-11,13-14H2,1-4H3. The summed E-state index contributed by atoms with van der Waals surface area (Å²) in [7, 11) is 0. The highest BCUT2D eigenvalue weighted by Crippen LogP contribution is 2.29. The van der Waals surface area contributed by atoms with Gasteiger partial charge in [0, 0.05) is 31.2 Å². The van der Waals surface area contributed by atoms with E-state index in [-0.39, 0.29) is 11.7 Å². The third-order valence-electron chi connectivity index (χ3n) is 5.21. The first-order valence-corrected chi connectivity index (χ1v) is 9.92. The summed E-state index contributed by atoms with van der Waals surface area (Å²) < 4.78 is 15.5. The number of hydrogen-bond acceptors (Lipinski definition) is 2. The molecule has 2 aromatic rings. The number of benzene rings is 1. The zero-order chi connectivity index (χ0) is 19.6. The number of rotatable bonds is 8. The molecular formula is C22H30FN3O. The predicted molar refractivity (Wildman–Crippen MR) is 105 cm³/mol. The van der Waals surface area contributed by atoms with Crippen LogP contribution < -0.4 is 0 Å². The highest BCUT2D eigenvalue weighted by molar-refractivity contribution is 5.77. The minimum absolute atomic E-state index is 0.150. The van der Waals surface area contributed by atoms with Crippen LogP contribution in [0, 0.1) is 25.6 Å². The van der Waals surface area contributed by atoms with Gasteiger partial charge in [-0.3, -0.25) is 9.48 Å². The van der Waals surface area contributed by atoms with E-state index in [1.807, 2.05) is 17.9 Å². The molecule has 3 rings (SSSR count). The molecule has 0 bridgehead atoms. The van der Waals surface area contributed by atoms with Gasteiger partial charge in [0.2, 0.25) is 5.91 Å². The van der Waals surface area contributed by atoms with E-state index >= 15 is 0 Å². The lowest BCUT2D eigenvalue weighted by Gasteiger charge is -2.23. The number of amides is 1. The Labute approximate surface area is 161 Å². The molecule has 0 unspecified atom stereocenters. The van der Waals surface area contributed by atoms with Gasteiger partial charge in [0.25, 0.3) is 0 Å². The van der Waals surface area contributed by atoms with Crippen molar-refractivity contribution in [3.63, 3.8) is 0 Å². The van der Waals surface area contributed by atoms with Crippen molar-refractivity contribution in [3.05, 3.63) is 52.6 Å². The predicted octanol–water partition coefficient (Wildman–Crippen LogP) is 4.42. The largest absolute Gasteiger partial charge is 0.335 e. The van der Waals surface area contributed by atoms with Crippen molar-refractivity contribution in [2.75, 3.05) is 0 Å². The van der Waals surface area contributed by atoms with Gasteiger partial charge in [0.1, 0.15) is 5.82 Å². The van der Waals surface area contributed by atoms with Crippen LogP contribution in [-0.2, 0) is 24.3 Å². The summed E-state index contributed by atoms with van der Waals surface area (Å²) in [6.07, 6.45) is 3.28. The molecule has 1 amide bonds. The van der Waals surface area contributed by atoms with Crippen molar-refractivity contribution in [2.45, 2.75) is 72.5 Å². The van der Waals surface area contributed by atoms with Gasteiger partial charge in [-0.2, -0.15) is 5.10 Å². The molecule has 0 N–H and O–H groups in total. The molecule has 1 aromatic carbocycles. The minimum Gasteiger partial charge on any atom is -0.335 e. The molecule has 1 saturated carbocycles. The van der Waals surface area contributed by atoms with Crippen LogP contribution in [0.5, 0.6) is 0 Å². The highest BCUT2D eigenvalue weighted by Gasteiger charge is 2.32. The topological polar surface area (TPSA) is 38.1 Å². The van der Waals surface area contributed by atoms with Crippen molar-refractivity contribution in [1.29, 1.82) is 0 Å². The van der Waals surface area contributed by atoms with Crippen LogP contribution in [0.25, 0.3) is 0 Å². The van der Waals surface area contributed by atoms with E-state index in [2.05, 4.69) is 30.6 Å². The highest BCUT2D eigenvalue weighted by atomic mass is 19.1. The lowest BCUT2D eigenvalue weighted by atomic mass is 10.1. The Morgan fingerprint density at radius 2 is 2.07 bits per heavy atom. The van der Waals surface area contributed by atoms with Crippen LogP contribution >= 0.6 is 0 Å². The van der Waals surface area contributed by atoms with Crippen LogP contribution in [0.4, 0.5) is 4.39 Å². The number of nitrogens with zero attached hydrogens (tertiary/aromatic N) is 3. The average Bonchev–Trinajstić information content (AvgIpc) is 3.39. The Morgan fingerprint density at radius 1 is 1.33 bits per heavy atom. The Balaban J connectivity index is 1.66. The quantitative estimate of drug-likeness (QED) is 0.689. The molecule has 4 nitrogen and oxygen atoms in total. The monoisotopic (exact) mass is 371 g/mol. The molecule has 5 heteroatoms. The van der Waals surface area contributed by atoms with Gasteiger partial charge in [-0.25, -0.2) is 4.39 Å². The second kappa shape index (κ2) is 8.24. The molecule has 1 aliphatic rings. The van der Waals surface area contributed by atoms with Crippen molar-refractivity contribution in [3.8, 4) is 0 Å². The number of aromatic nitrogens is 2. The molecule has 0 spiro atoms. The first kappa shape index (κ1) is 19.6. The summed E-state index contributed by atoms with van der Waals surface area (Å²) in [5, 5.41) is 4.65. The molecule has 0 radical (unpaired) electrons. The average molecular weight is 372 g/mol. The smallest absolute Gasteiger partial charge is 0.223 e. The maximum Gasteiger partial charge on any atom is 0.223 e. The van der Waals surface area contributed by atoms with E-state index in [0.717, 1.165) is 36.3 Å². The zero-order valence-corrected chi connectivity index (χ0v) is 16.8. The number of aryl methyl sites for hydroxylation is 1. The first-order valence-electron chi connectivity index (χ1n) is 9.92.